The van der Waals surface area contributed by atoms with Gasteiger partial charge in [-0.2, -0.15) is 15.0 Å². The maximum atomic E-state index is 13.1. The topological polar surface area (TPSA) is 83.8 Å². The molecule has 0 bridgehead atoms. The molecular formula is C20H28N6O3. The summed E-state index contributed by atoms with van der Waals surface area (Å²) in [6.07, 6.45) is 0.969. The number of rotatable bonds is 3. The predicted octanol–water partition coefficient (Wildman–Crippen LogP) is 0.0704. The molecule has 1 aromatic heterocycles. The molecule has 29 heavy (non-hydrogen) atoms. The Morgan fingerprint density at radius 3 is 2.55 bits per heavy atom. The van der Waals surface area contributed by atoms with E-state index in [1.54, 1.807) is 4.90 Å². The Labute approximate surface area is 170 Å². The van der Waals surface area contributed by atoms with Crippen LogP contribution in [-0.2, 0) is 20.9 Å². The van der Waals surface area contributed by atoms with Crippen molar-refractivity contribution in [3.63, 3.8) is 0 Å². The minimum Gasteiger partial charge on any atom is -0.379 e. The van der Waals surface area contributed by atoms with Crippen molar-refractivity contribution in [2.24, 2.45) is 5.92 Å². The Morgan fingerprint density at radius 2 is 1.79 bits per heavy atom. The molecule has 4 rings (SSSR count). The minimum absolute atomic E-state index is 0.0596. The Kier molecular flexibility index (Phi) is 6.05. The first-order valence-electron chi connectivity index (χ1n) is 10.2. The molecule has 2 saturated heterocycles. The monoisotopic (exact) mass is 400 g/mol. The van der Waals surface area contributed by atoms with E-state index < -0.39 is 0 Å². The van der Waals surface area contributed by atoms with E-state index in [9.17, 15) is 9.59 Å². The van der Waals surface area contributed by atoms with E-state index in [-0.39, 0.29) is 24.3 Å². The van der Waals surface area contributed by atoms with Crippen LogP contribution in [0.25, 0.3) is 11.0 Å². The molecule has 0 N–H and O–H groups in total. The minimum atomic E-state index is -0.325. The largest absolute Gasteiger partial charge is 0.379 e. The molecular weight excluding hydrogens is 372 g/mol. The molecule has 0 radical (unpaired) electrons. The molecule has 1 aromatic carbocycles. The van der Waals surface area contributed by atoms with Crippen LogP contribution in [0.15, 0.2) is 24.3 Å². The van der Waals surface area contributed by atoms with Gasteiger partial charge in [0.1, 0.15) is 17.6 Å². The molecule has 2 aliphatic rings. The van der Waals surface area contributed by atoms with E-state index in [0.717, 1.165) is 43.6 Å². The van der Waals surface area contributed by atoms with Crippen LogP contribution < -0.4 is 0 Å². The maximum absolute atomic E-state index is 13.1. The lowest BCUT2D eigenvalue weighted by Crippen LogP contribution is -2.45. The summed E-state index contributed by atoms with van der Waals surface area (Å²) in [5, 5.41) is 8.73. The molecule has 3 heterocycles. The van der Waals surface area contributed by atoms with Crippen molar-refractivity contribution in [3.8, 4) is 0 Å². The number of hydrogen-bond donors (Lipinski definition) is 0. The van der Waals surface area contributed by atoms with Crippen LogP contribution in [0.3, 0.4) is 0 Å². The number of hydrogen-bond acceptors (Lipinski definition) is 6. The Hall–Kier alpha value is -2.52. The van der Waals surface area contributed by atoms with Crippen molar-refractivity contribution in [2.75, 3.05) is 59.5 Å². The van der Waals surface area contributed by atoms with Gasteiger partial charge in [0, 0.05) is 32.7 Å². The number of amides is 2. The van der Waals surface area contributed by atoms with E-state index in [1.165, 1.54) is 4.80 Å². The molecule has 156 valence electrons. The lowest BCUT2D eigenvalue weighted by Gasteiger charge is -2.28. The fraction of sp³-hybridized carbons (Fsp3) is 0.600. The zero-order valence-corrected chi connectivity index (χ0v) is 16.9. The summed E-state index contributed by atoms with van der Waals surface area (Å²) in [5.41, 5.74) is 1.53. The molecule has 1 atom stereocenters. The highest BCUT2D eigenvalue weighted by molar-refractivity contribution is 5.81. The first-order valence-corrected chi connectivity index (χ1v) is 10.2. The van der Waals surface area contributed by atoms with Crippen LogP contribution >= 0.6 is 0 Å². The lowest BCUT2D eigenvalue weighted by atomic mass is 10.1. The summed E-state index contributed by atoms with van der Waals surface area (Å²) < 4.78 is 5.66. The predicted molar refractivity (Wildman–Crippen MR) is 107 cm³/mol. The second-order valence-corrected chi connectivity index (χ2v) is 7.81. The molecule has 0 spiro atoms. The van der Waals surface area contributed by atoms with Gasteiger partial charge < -0.3 is 19.4 Å². The summed E-state index contributed by atoms with van der Waals surface area (Å²) in [6, 6.07) is 7.53. The van der Waals surface area contributed by atoms with Gasteiger partial charge in [-0.25, -0.2) is 0 Å². The first kappa shape index (κ1) is 19.8. The normalized spacial score (nSPS) is 21.8. The average Bonchev–Trinajstić information content (AvgIpc) is 2.87. The average molecular weight is 400 g/mol. The fourth-order valence-electron chi connectivity index (χ4n) is 3.91. The number of nitrogens with zero attached hydrogens (tertiary/aromatic N) is 6. The van der Waals surface area contributed by atoms with Gasteiger partial charge in [-0.15, -0.1) is 0 Å². The number of fused-ring (bicyclic) bond motifs is 1. The second-order valence-electron chi connectivity index (χ2n) is 7.81. The molecule has 2 amide bonds. The smallest absolute Gasteiger partial charge is 0.246 e. The van der Waals surface area contributed by atoms with E-state index in [0.29, 0.717) is 26.3 Å². The van der Waals surface area contributed by atoms with E-state index in [1.807, 2.05) is 29.2 Å². The number of likely N-dealkylation sites (N-methyl/N-ethyl adjacent to an activating group) is 1. The van der Waals surface area contributed by atoms with Crippen molar-refractivity contribution < 1.29 is 14.3 Å². The maximum Gasteiger partial charge on any atom is 0.246 e. The molecule has 0 saturated carbocycles. The van der Waals surface area contributed by atoms with Crippen molar-refractivity contribution in [1.29, 1.82) is 0 Å². The number of aromatic nitrogens is 3. The van der Waals surface area contributed by atoms with Crippen LogP contribution in [0.4, 0.5) is 0 Å². The van der Waals surface area contributed by atoms with Crippen molar-refractivity contribution in [3.05, 3.63) is 24.3 Å². The summed E-state index contributed by atoms with van der Waals surface area (Å²) in [5.74, 6) is -0.332. The Morgan fingerprint density at radius 1 is 1.03 bits per heavy atom. The van der Waals surface area contributed by atoms with Crippen molar-refractivity contribution in [2.45, 2.75) is 13.0 Å². The van der Waals surface area contributed by atoms with E-state index in [4.69, 9.17) is 4.74 Å². The molecule has 9 heteroatoms. The third-order valence-electron chi connectivity index (χ3n) is 5.60. The molecule has 0 aliphatic carbocycles. The number of carbonyl (C=O) groups excluding carboxylic acids is 2. The quantitative estimate of drug-likeness (QED) is 0.725. The summed E-state index contributed by atoms with van der Waals surface area (Å²) in [7, 11) is 2.08. The highest BCUT2D eigenvalue weighted by Crippen LogP contribution is 2.14. The first-order chi connectivity index (χ1) is 14.1. The number of benzene rings is 1. The third-order valence-corrected chi connectivity index (χ3v) is 5.60. The molecule has 9 nitrogen and oxygen atoms in total. The van der Waals surface area contributed by atoms with Crippen molar-refractivity contribution in [1.82, 2.24) is 29.7 Å². The number of ether oxygens (including phenoxy) is 1. The zero-order chi connectivity index (χ0) is 20.2. The number of carbonyl (C=O) groups is 2. The van der Waals surface area contributed by atoms with Gasteiger partial charge in [-0.05, 0) is 32.1 Å². The van der Waals surface area contributed by atoms with Crippen molar-refractivity contribution >= 4 is 22.8 Å². The van der Waals surface area contributed by atoms with Gasteiger partial charge in [0.15, 0.2) is 0 Å². The molecule has 2 aliphatic heterocycles. The highest BCUT2D eigenvalue weighted by atomic mass is 16.5. The lowest BCUT2D eigenvalue weighted by molar-refractivity contribution is -0.138. The second kappa shape index (κ2) is 8.87. The Balaban J connectivity index is 1.40. The SMILES string of the molecule is CN1CCCN(C(=O)C2COCCN(C(=O)Cn3nc4ccccc4n3)C2)CC1. The fourth-order valence-corrected chi connectivity index (χ4v) is 3.91. The zero-order valence-electron chi connectivity index (χ0n) is 16.9. The van der Waals surface area contributed by atoms with Gasteiger partial charge in [-0.1, -0.05) is 12.1 Å². The van der Waals surface area contributed by atoms with E-state index >= 15 is 0 Å². The van der Waals surface area contributed by atoms with Crippen LogP contribution in [0.1, 0.15) is 6.42 Å². The summed E-state index contributed by atoms with van der Waals surface area (Å²) in [4.78, 5) is 33.3. The molecule has 2 aromatic rings. The summed E-state index contributed by atoms with van der Waals surface area (Å²) >= 11 is 0. The standard InChI is InChI=1S/C20H28N6O3/c1-23-7-4-8-24(10-9-23)20(28)16-13-25(11-12-29-15-16)19(27)14-26-21-17-5-2-3-6-18(17)22-26/h2-3,5-6,16H,4,7-15H2,1H3. The van der Waals surface area contributed by atoms with Gasteiger partial charge in [0.2, 0.25) is 11.8 Å². The van der Waals surface area contributed by atoms with Gasteiger partial charge >= 0.3 is 0 Å². The third kappa shape index (κ3) is 4.73. The van der Waals surface area contributed by atoms with Crippen LogP contribution in [-0.4, -0.2) is 101 Å². The van der Waals surface area contributed by atoms with Crippen LogP contribution in [0, 0.1) is 5.92 Å². The Bertz CT molecular complexity index is 836. The van der Waals surface area contributed by atoms with Gasteiger partial charge in [0.05, 0.1) is 19.1 Å². The summed E-state index contributed by atoms with van der Waals surface area (Å²) in [6.45, 7) is 5.08. The molecule has 2 fully saturated rings. The van der Waals surface area contributed by atoms with Crippen LogP contribution in [0.2, 0.25) is 0 Å². The van der Waals surface area contributed by atoms with E-state index in [2.05, 4.69) is 22.1 Å². The highest BCUT2D eigenvalue weighted by Gasteiger charge is 2.31. The molecule has 1 unspecified atom stereocenters. The van der Waals surface area contributed by atoms with Gasteiger partial charge in [-0.3, -0.25) is 9.59 Å². The van der Waals surface area contributed by atoms with Crippen LogP contribution in [0.5, 0.6) is 0 Å². The van der Waals surface area contributed by atoms with Gasteiger partial charge in [0.25, 0.3) is 0 Å².